The van der Waals surface area contributed by atoms with E-state index in [0.29, 0.717) is 12.5 Å². The fraction of sp³-hybridized carbons (Fsp3) is 0.750. The SMILES string of the molecule is NCC1CCC(c2nn3c(C4CCC4)nnc3s2)O1. The first kappa shape index (κ1) is 11.7. The lowest BCUT2D eigenvalue weighted by Gasteiger charge is -2.22. The van der Waals surface area contributed by atoms with Crippen LogP contribution in [0.3, 0.4) is 0 Å². The quantitative estimate of drug-likeness (QED) is 0.924. The molecule has 2 fully saturated rings. The molecule has 19 heavy (non-hydrogen) atoms. The van der Waals surface area contributed by atoms with Gasteiger partial charge in [0.05, 0.1) is 6.10 Å². The number of nitrogens with two attached hydrogens (primary N) is 1. The maximum Gasteiger partial charge on any atom is 0.234 e. The Hall–Kier alpha value is -1.05. The molecule has 1 saturated heterocycles. The van der Waals surface area contributed by atoms with Gasteiger partial charge in [0.15, 0.2) is 5.82 Å². The third kappa shape index (κ3) is 1.87. The van der Waals surface area contributed by atoms with Crippen LogP contribution in [0.25, 0.3) is 4.96 Å². The van der Waals surface area contributed by atoms with Crippen molar-refractivity contribution < 1.29 is 4.74 Å². The van der Waals surface area contributed by atoms with Crippen molar-refractivity contribution in [3.8, 4) is 0 Å². The van der Waals surface area contributed by atoms with E-state index in [4.69, 9.17) is 10.5 Å². The molecular weight excluding hydrogens is 262 g/mol. The Balaban J connectivity index is 1.63. The first-order valence-electron chi connectivity index (χ1n) is 6.92. The Morgan fingerprint density at radius 1 is 1.26 bits per heavy atom. The Morgan fingerprint density at radius 3 is 2.84 bits per heavy atom. The van der Waals surface area contributed by atoms with Gasteiger partial charge in [0.25, 0.3) is 0 Å². The van der Waals surface area contributed by atoms with Crippen molar-refractivity contribution in [2.45, 2.75) is 50.2 Å². The van der Waals surface area contributed by atoms with Crippen LogP contribution in [0.4, 0.5) is 0 Å². The second kappa shape index (κ2) is 4.50. The molecule has 0 amide bonds. The monoisotopic (exact) mass is 279 g/mol. The minimum atomic E-state index is 0.0921. The molecule has 0 bridgehead atoms. The average molecular weight is 279 g/mol. The van der Waals surface area contributed by atoms with Gasteiger partial charge >= 0.3 is 0 Å². The highest BCUT2D eigenvalue weighted by atomic mass is 32.1. The van der Waals surface area contributed by atoms with Gasteiger partial charge in [0.2, 0.25) is 4.96 Å². The molecule has 2 unspecified atom stereocenters. The number of nitrogens with zero attached hydrogens (tertiary/aromatic N) is 4. The second-order valence-corrected chi connectivity index (χ2v) is 6.37. The lowest BCUT2D eigenvalue weighted by molar-refractivity contribution is 0.0491. The van der Waals surface area contributed by atoms with Crippen LogP contribution in [-0.2, 0) is 4.74 Å². The summed E-state index contributed by atoms with van der Waals surface area (Å²) >= 11 is 1.59. The molecule has 1 saturated carbocycles. The second-order valence-electron chi connectivity index (χ2n) is 5.38. The first-order chi connectivity index (χ1) is 9.35. The summed E-state index contributed by atoms with van der Waals surface area (Å²) in [5.41, 5.74) is 5.65. The molecule has 4 rings (SSSR count). The Kier molecular flexibility index (Phi) is 2.78. The molecule has 2 aromatic rings. The van der Waals surface area contributed by atoms with Gasteiger partial charge in [-0.2, -0.15) is 9.61 Å². The maximum absolute atomic E-state index is 5.90. The van der Waals surface area contributed by atoms with Crippen LogP contribution < -0.4 is 5.73 Å². The Morgan fingerprint density at radius 2 is 2.16 bits per heavy atom. The summed E-state index contributed by atoms with van der Waals surface area (Å²) in [6, 6.07) is 0. The van der Waals surface area contributed by atoms with Gasteiger partial charge in [-0.05, 0) is 25.7 Å². The number of hydrogen-bond donors (Lipinski definition) is 1. The molecule has 3 heterocycles. The van der Waals surface area contributed by atoms with Crippen molar-refractivity contribution in [3.63, 3.8) is 0 Å². The van der Waals surface area contributed by atoms with E-state index in [2.05, 4.69) is 15.3 Å². The minimum absolute atomic E-state index is 0.0921. The molecule has 2 N–H and O–H groups in total. The summed E-state index contributed by atoms with van der Waals surface area (Å²) in [6.45, 7) is 0.591. The normalized spacial score (nSPS) is 28.1. The van der Waals surface area contributed by atoms with Crippen molar-refractivity contribution in [2.24, 2.45) is 5.73 Å². The Labute approximate surface area is 115 Å². The predicted molar refractivity (Wildman–Crippen MR) is 71.2 cm³/mol. The fourth-order valence-electron chi connectivity index (χ4n) is 2.76. The summed E-state index contributed by atoms with van der Waals surface area (Å²) in [4.78, 5) is 0.886. The predicted octanol–water partition coefficient (Wildman–Crippen LogP) is 1.63. The number of fused-ring (bicyclic) bond motifs is 1. The van der Waals surface area contributed by atoms with Crippen molar-refractivity contribution in [3.05, 3.63) is 10.8 Å². The maximum atomic E-state index is 5.90. The highest BCUT2D eigenvalue weighted by molar-refractivity contribution is 7.16. The van der Waals surface area contributed by atoms with E-state index in [9.17, 15) is 0 Å². The third-order valence-electron chi connectivity index (χ3n) is 4.15. The molecule has 2 atom stereocenters. The highest BCUT2D eigenvalue weighted by Gasteiger charge is 2.31. The molecule has 6 nitrogen and oxygen atoms in total. The number of rotatable bonds is 3. The molecule has 1 aliphatic heterocycles. The average Bonchev–Trinajstić information content (AvgIpc) is 3.01. The largest absolute Gasteiger partial charge is 0.366 e. The minimum Gasteiger partial charge on any atom is -0.366 e. The van der Waals surface area contributed by atoms with Crippen molar-refractivity contribution >= 4 is 16.3 Å². The molecule has 2 aliphatic rings. The summed E-state index contributed by atoms with van der Waals surface area (Å²) in [7, 11) is 0. The molecule has 0 radical (unpaired) electrons. The fourth-order valence-corrected chi connectivity index (χ4v) is 3.68. The Bertz CT molecular complexity index is 590. The number of hydrogen-bond acceptors (Lipinski definition) is 6. The van der Waals surface area contributed by atoms with Crippen LogP contribution in [0.15, 0.2) is 0 Å². The van der Waals surface area contributed by atoms with Gasteiger partial charge in [-0.3, -0.25) is 0 Å². The summed E-state index contributed by atoms with van der Waals surface area (Å²) in [5.74, 6) is 1.57. The van der Waals surface area contributed by atoms with E-state index in [1.54, 1.807) is 11.3 Å². The van der Waals surface area contributed by atoms with E-state index in [-0.39, 0.29) is 12.2 Å². The third-order valence-corrected chi connectivity index (χ3v) is 5.14. The smallest absolute Gasteiger partial charge is 0.234 e. The lowest BCUT2D eigenvalue weighted by Crippen LogP contribution is -2.18. The van der Waals surface area contributed by atoms with E-state index in [1.807, 2.05) is 4.52 Å². The van der Waals surface area contributed by atoms with Gasteiger partial charge in [-0.25, -0.2) is 0 Å². The zero-order chi connectivity index (χ0) is 12.8. The van der Waals surface area contributed by atoms with E-state index in [0.717, 1.165) is 28.6 Å². The first-order valence-corrected chi connectivity index (χ1v) is 7.74. The van der Waals surface area contributed by atoms with Gasteiger partial charge in [0.1, 0.15) is 11.1 Å². The molecule has 1 aliphatic carbocycles. The summed E-state index contributed by atoms with van der Waals surface area (Å²) in [5, 5.41) is 14.2. The molecule has 102 valence electrons. The standard InChI is InChI=1S/C12H17N5OS/c13-6-8-4-5-9(18-8)11-16-17-10(7-2-1-3-7)14-15-12(17)19-11/h7-9H,1-6,13H2. The lowest BCUT2D eigenvalue weighted by atomic mass is 9.85. The highest BCUT2D eigenvalue weighted by Crippen LogP contribution is 2.38. The van der Waals surface area contributed by atoms with Crippen LogP contribution in [0.2, 0.25) is 0 Å². The van der Waals surface area contributed by atoms with Gasteiger partial charge in [-0.1, -0.05) is 17.8 Å². The molecular formula is C12H17N5OS. The molecule has 0 spiro atoms. The van der Waals surface area contributed by atoms with Crippen molar-refractivity contribution in [1.29, 1.82) is 0 Å². The van der Waals surface area contributed by atoms with Gasteiger partial charge < -0.3 is 10.5 Å². The zero-order valence-electron chi connectivity index (χ0n) is 10.7. The van der Waals surface area contributed by atoms with Gasteiger partial charge in [-0.15, -0.1) is 10.2 Å². The van der Waals surface area contributed by atoms with Gasteiger partial charge in [0, 0.05) is 12.5 Å². The van der Waals surface area contributed by atoms with Crippen LogP contribution >= 0.6 is 11.3 Å². The van der Waals surface area contributed by atoms with Crippen LogP contribution in [-0.4, -0.2) is 32.5 Å². The van der Waals surface area contributed by atoms with E-state index in [1.165, 1.54) is 19.3 Å². The molecule has 0 aromatic carbocycles. The molecule has 7 heteroatoms. The van der Waals surface area contributed by atoms with Crippen molar-refractivity contribution in [1.82, 2.24) is 19.8 Å². The van der Waals surface area contributed by atoms with Crippen LogP contribution in [0.1, 0.15) is 55.0 Å². The van der Waals surface area contributed by atoms with E-state index < -0.39 is 0 Å². The van der Waals surface area contributed by atoms with Crippen LogP contribution in [0.5, 0.6) is 0 Å². The number of ether oxygens (including phenoxy) is 1. The molecule has 2 aromatic heterocycles. The zero-order valence-corrected chi connectivity index (χ0v) is 11.5. The summed E-state index contributed by atoms with van der Waals surface area (Å²) < 4.78 is 7.82. The summed E-state index contributed by atoms with van der Waals surface area (Å²) in [6.07, 6.45) is 6.02. The van der Waals surface area contributed by atoms with Crippen LogP contribution in [0, 0.1) is 0 Å². The number of aromatic nitrogens is 4. The van der Waals surface area contributed by atoms with Crippen molar-refractivity contribution in [2.75, 3.05) is 6.54 Å². The topological polar surface area (TPSA) is 78.3 Å². The van der Waals surface area contributed by atoms with E-state index >= 15 is 0 Å².